The first-order valence-corrected chi connectivity index (χ1v) is 4.04. The Bertz CT molecular complexity index is 139. The molecule has 1 saturated heterocycles. The standard InChI is InChI=1S/C8H15NO2/c1-7(10)11-8-3-5-9(2)6-4-8/h8H,3-6H2,1-2H3/i2-1. The first-order chi connectivity index (χ1) is 5.18. The molecule has 0 aromatic carbocycles. The van der Waals surface area contributed by atoms with Crippen LogP contribution >= 0.6 is 0 Å². The Morgan fingerprint density at radius 2 is 2.00 bits per heavy atom. The highest BCUT2D eigenvalue weighted by molar-refractivity contribution is 5.66. The second-order valence-corrected chi connectivity index (χ2v) is 3.11. The maximum atomic E-state index is 10.6. The van der Waals surface area contributed by atoms with Crippen LogP contribution in [0.3, 0.4) is 0 Å². The van der Waals surface area contributed by atoms with E-state index in [0.29, 0.717) is 0 Å². The number of hydrogen-bond acceptors (Lipinski definition) is 3. The molecule has 0 spiro atoms. The fourth-order valence-corrected chi connectivity index (χ4v) is 1.34. The summed E-state index contributed by atoms with van der Waals surface area (Å²) in [5.74, 6) is -0.153. The van der Waals surface area contributed by atoms with E-state index in [9.17, 15) is 4.79 Å². The normalized spacial score (nSPS) is 21.6. The first kappa shape index (κ1) is 8.53. The average molecular weight is 156 g/mol. The zero-order chi connectivity index (χ0) is 8.27. The van der Waals surface area contributed by atoms with Gasteiger partial charge in [0.2, 0.25) is 0 Å². The summed E-state index contributed by atoms with van der Waals surface area (Å²) in [6, 6.07) is 0. The first-order valence-electron chi connectivity index (χ1n) is 4.04. The summed E-state index contributed by atoms with van der Waals surface area (Å²) in [6.45, 7) is 3.55. The molecule has 1 fully saturated rings. The topological polar surface area (TPSA) is 29.5 Å². The maximum absolute atomic E-state index is 10.6. The molecular weight excluding hydrogens is 141 g/mol. The maximum Gasteiger partial charge on any atom is 0.302 e. The molecule has 11 heavy (non-hydrogen) atoms. The Balaban J connectivity index is 2.22. The fraction of sp³-hybridized carbons (Fsp3) is 0.875. The van der Waals surface area contributed by atoms with E-state index in [2.05, 4.69) is 11.9 Å². The molecule has 0 aromatic heterocycles. The van der Waals surface area contributed by atoms with Crippen LogP contribution in [-0.4, -0.2) is 37.1 Å². The molecular formula is C8H15NO2. The van der Waals surface area contributed by atoms with Crippen molar-refractivity contribution < 1.29 is 9.53 Å². The van der Waals surface area contributed by atoms with Gasteiger partial charge in [-0.1, -0.05) is 0 Å². The van der Waals surface area contributed by atoms with E-state index >= 15 is 0 Å². The lowest BCUT2D eigenvalue weighted by Gasteiger charge is -2.28. The monoisotopic (exact) mass is 156 g/mol. The number of carbonyl (C=O) groups is 1. The molecule has 0 amide bonds. The summed E-state index contributed by atoms with van der Waals surface area (Å²) in [7, 11) is 2.09. The van der Waals surface area contributed by atoms with E-state index < -0.39 is 0 Å². The molecule has 64 valence electrons. The van der Waals surface area contributed by atoms with Crippen molar-refractivity contribution in [2.24, 2.45) is 0 Å². The van der Waals surface area contributed by atoms with E-state index in [4.69, 9.17) is 4.74 Å². The van der Waals surface area contributed by atoms with Gasteiger partial charge in [0.25, 0.3) is 0 Å². The summed E-state index contributed by atoms with van der Waals surface area (Å²) in [5, 5.41) is 0. The molecule has 0 atom stereocenters. The van der Waals surface area contributed by atoms with Crippen molar-refractivity contribution in [3.63, 3.8) is 0 Å². The molecule has 0 radical (unpaired) electrons. The third-order valence-corrected chi connectivity index (χ3v) is 2.00. The summed E-state index contributed by atoms with van der Waals surface area (Å²) < 4.78 is 5.07. The van der Waals surface area contributed by atoms with E-state index in [1.807, 2.05) is 0 Å². The summed E-state index contributed by atoms with van der Waals surface area (Å²) in [5.41, 5.74) is 0. The predicted octanol–water partition coefficient (Wildman–Crippen LogP) is 0.644. The highest BCUT2D eigenvalue weighted by Gasteiger charge is 2.18. The number of rotatable bonds is 1. The number of nitrogens with zero attached hydrogens (tertiary/aromatic N) is 1. The molecule has 3 nitrogen and oxygen atoms in total. The molecule has 0 aliphatic carbocycles. The predicted molar refractivity (Wildman–Crippen MR) is 42.3 cm³/mol. The third kappa shape index (κ3) is 2.89. The van der Waals surface area contributed by atoms with E-state index in [0.717, 1.165) is 25.9 Å². The van der Waals surface area contributed by atoms with Gasteiger partial charge in [0.15, 0.2) is 0 Å². The van der Waals surface area contributed by atoms with Gasteiger partial charge in [-0.15, -0.1) is 0 Å². The lowest BCUT2D eigenvalue weighted by atomic mass is 10.1. The van der Waals surface area contributed by atoms with E-state index in [1.165, 1.54) is 6.92 Å². The highest BCUT2D eigenvalue weighted by Crippen LogP contribution is 2.11. The molecule has 3 heteroatoms. The molecule has 1 aliphatic heterocycles. The Morgan fingerprint density at radius 1 is 1.45 bits per heavy atom. The lowest BCUT2D eigenvalue weighted by molar-refractivity contribution is -0.148. The SMILES string of the molecule is CC(=O)OC1CCN([11CH3])CC1. The lowest BCUT2D eigenvalue weighted by Crippen LogP contribution is -2.34. The van der Waals surface area contributed by atoms with Gasteiger partial charge in [-0.2, -0.15) is 0 Å². The number of piperidine rings is 1. The Labute approximate surface area is 67.3 Å². The molecule has 0 bridgehead atoms. The minimum absolute atomic E-state index is 0.153. The van der Waals surface area contributed by atoms with E-state index in [-0.39, 0.29) is 12.1 Å². The molecule has 1 aliphatic rings. The second-order valence-electron chi connectivity index (χ2n) is 3.11. The summed E-state index contributed by atoms with van der Waals surface area (Å²) in [6.07, 6.45) is 2.13. The van der Waals surface area contributed by atoms with Gasteiger partial charge < -0.3 is 9.64 Å². The summed E-state index contributed by atoms with van der Waals surface area (Å²) in [4.78, 5) is 12.8. The Kier molecular flexibility index (Phi) is 2.88. The second kappa shape index (κ2) is 3.72. The van der Waals surface area contributed by atoms with Gasteiger partial charge in [-0.3, -0.25) is 4.79 Å². The minimum Gasteiger partial charge on any atom is -0.462 e. The number of likely N-dealkylation sites (tertiary alicyclic amines) is 1. The summed E-state index contributed by atoms with van der Waals surface area (Å²) >= 11 is 0. The molecule has 1 rings (SSSR count). The van der Waals surface area contributed by atoms with Crippen molar-refractivity contribution in [1.29, 1.82) is 0 Å². The molecule has 1 heterocycles. The molecule has 0 saturated carbocycles. The molecule has 0 aromatic rings. The third-order valence-electron chi connectivity index (χ3n) is 2.00. The van der Waals surface area contributed by atoms with Gasteiger partial charge in [0, 0.05) is 20.0 Å². The van der Waals surface area contributed by atoms with Crippen molar-refractivity contribution in [3.05, 3.63) is 0 Å². The zero-order valence-electron chi connectivity index (χ0n) is 7.17. The van der Waals surface area contributed by atoms with Crippen molar-refractivity contribution in [2.45, 2.75) is 25.9 Å². The van der Waals surface area contributed by atoms with Gasteiger partial charge in [0.05, 0.1) is 0 Å². The van der Waals surface area contributed by atoms with Crippen LogP contribution < -0.4 is 0 Å². The van der Waals surface area contributed by atoms with Crippen LogP contribution in [0.5, 0.6) is 0 Å². The van der Waals surface area contributed by atoms with Gasteiger partial charge in [-0.25, -0.2) is 0 Å². The van der Waals surface area contributed by atoms with Crippen LogP contribution in [0, 0.1) is 0 Å². The van der Waals surface area contributed by atoms with Crippen molar-refractivity contribution in [3.8, 4) is 0 Å². The molecule has 0 unspecified atom stereocenters. The largest absolute Gasteiger partial charge is 0.462 e. The van der Waals surface area contributed by atoms with Crippen molar-refractivity contribution in [1.82, 2.24) is 4.90 Å². The smallest absolute Gasteiger partial charge is 0.302 e. The number of esters is 1. The number of ether oxygens (including phenoxy) is 1. The van der Waals surface area contributed by atoms with E-state index in [1.54, 1.807) is 0 Å². The van der Waals surface area contributed by atoms with Crippen LogP contribution in [0.1, 0.15) is 19.8 Å². The number of hydrogen-bond donors (Lipinski definition) is 0. The van der Waals surface area contributed by atoms with Crippen molar-refractivity contribution >= 4 is 5.97 Å². The van der Waals surface area contributed by atoms with Crippen LogP contribution in [0.2, 0.25) is 0 Å². The van der Waals surface area contributed by atoms with Gasteiger partial charge in [0.1, 0.15) is 6.10 Å². The van der Waals surface area contributed by atoms with Gasteiger partial charge >= 0.3 is 5.97 Å². The Morgan fingerprint density at radius 3 is 2.45 bits per heavy atom. The fourth-order valence-electron chi connectivity index (χ4n) is 1.34. The van der Waals surface area contributed by atoms with Crippen LogP contribution in [0.4, 0.5) is 0 Å². The van der Waals surface area contributed by atoms with Gasteiger partial charge in [-0.05, 0) is 19.9 Å². The Hall–Kier alpha value is -0.570. The minimum atomic E-state index is -0.153. The highest BCUT2D eigenvalue weighted by atomic mass is 16.5. The quantitative estimate of drug-likeness (QED) is 0.522. The van der Waals surface area contributed by atoms with Crippen molar-refractivity contribution in [2.75, 3.05) is 20.1 Å². The average Bonchev–Trinajstić information content (AvgIpc) is 1.93. The number of carbonyl (C=O) groups excluding carboxylic acids is 1. The van der Waals surface area contributed by atoms with Crippen LogP contribution in [0.15, 0.2) is 0 Å². The van der Waals surface area contributed by atoms with Crippen LogP contribution in [-0.2, 0) is 9.53 Å². The molecule has 0 N–H and O–H groups in total. The van der Waals surface area contributed by atoms with Crippen LogP contribution in [0.25, 0.3) is 0 Å². The zero-order valence-corrected chi connectivity index (χ0v) is 7.17.